The molecule has 0 aromatic heterocycles. The van der Waals surface area contributed by atoms with Gasteiger partial charge < -0.3 is 19.5 Å². The molecule has 1 unspecified atom stereocenters. The second kappa shape index (κ2) is 7.01. The minimum Gasteiger partial charge on any atom is -0.458 e. The lowest BCUT2D eigenvalue weighted by Gasteiger charge is -2.28. The van der Waals surface area contributed by atoms with Crippen LogP contribution in [0.2, 0.25) is 0 Å². The summed E-state index contributed by atoms with van der Waals surface area (Å²) in [6.45, 7) is 4.16. The van der Waals surface area contributed by atoms with Crippen LogP contribution in [0.4, 0.5) is 4.79 Å². The molecule has 0 amide bonds. The Morgan fingerprint density at radius 1 is 1.36 bits per heavy atom. The van der Waals surface area contributed by atoms with Gasteiger partial charge in [-0.2, -0.15) is 0 Å². The van der Waals surface area contributed by atoms with Gasteiger partial charge in [-0.05, 0) is 30.5 Å². The van der Waals surface area contributed by atoms with Crippen molar-refractivity contribution in [3.05, 3.63) is 58.0 Å². The van der Waals surface area contributed by atoms with Crippen LogP contribution in [0.5, 0.6) is 0 Å². The summed E-state index contributed by atoms with van der Waals surface area (Å²) in [5.41, 5.74) is 4.13. The Kier molecular flexibility index (Phi) is 4.79. The second-order valence-electron chi connectivity index (χ2n) is 5.94. The first-order chi connectivity index (χ1) is 12.1. The first-order valence-corrected chi connectivity index (χ1v) is 8.26. The van der Waals surface area contributed by atoms with E-state index in [1.54, 1.807) is 14.0 Å². The highest BCUT2D eigenvalue weighted by molar-refractivity contribution is 5.95. The van der Waals surface area contributed by atoms with Crippen LogP contribution in [0.1, 0.15) is 30.4 Å². The zero-order chi connectivity index (χ0) is 18.0. The minimum atomic E-state index is -0.778. The fraction of sp³-hybridized carbons (Fsp3) is 0.368. The third kappa shape index (κ3) is 3.12. The monoisotopic (exact) mass is 343 g/mol. The van der Waals surface area contributed by atoms with Crippen LogP contribution >= 0.6 is 0 Å². The van der Waals surface area contributed by atoms with Crippen molar-refractivity contribution in [3.63, 3.8) is 0 Å². The molecule has 1 heterocycles. The van der Waals surface area contributed by atoms with Crippen molar-refractivity contribution < 1.29 is 23.8 Å². The Balaban J connectivity index is 2.12. The van der Waals surface area contributed by atoms with Gasteiger partial charge in [0.25, 0.3) is 0 Å². The molecule has 0 bridgehead atoms. The molecule has 25 heavy (non-hydrogen) atoms. The summed E-state index contributed by atoms with van der Waals surface area (Å²) in [6.07, 6.45) is -0.298. The highest BCUT2D eigenvalue weighted by atomic mass is 16.7. The van der Waals surface area contributed by atoms with Crippen LogP contribution < -0.4 is 5.32 Å². The molecule has 2 aliphatic rings. The predicted octanol–water partition coefficient (Wildman–Crippen LogP) is 2.94. The van der Waals surface area contributed by atoms with E-state index in [-0.39, 0.29) is 19.2 Å². The van der Waals surface area contributed by atoms with E-state index in [1.165, 1.54) is 0 Å². The number of esters is 1. The van der Waals surface area contributed by atoms with Gasteiger partial charge >= 0.3 is 12.1 Å². The number of benzene rings is 1. The number of hydrogen-bond donors (Lipinski definition) is 1. The molecule has 3 rings (SSSR count). The average Bonchev–Trinajstić information content (AvgIpc) is 2.96. The normalized spacial score (nSPS) is 19.5. The van der Waals surface area contributed by atoms with Gasteiger partial charge in [0.05, 0.1) is 23.8 Å². The van der Waals surface area contributed by atoms with Crippen molar-refractivity contribution in [2.75, 3.05) is 20.3 Å². The lowest BCUT2D eigenvalue weighted by molar-refractivity contribution is -0.136. The molecule has 1 aromatic carbocycles. The molecule has 0 fully saturated rings. The number of allylic oxidation sites excluding steroid dienone is 2. The van der Waals surface area contributed by atoms with Crippen LogP contribution in [-0.2, 0) is 19.0 Å². The summed E-state index contributed by atoms with van der Waals surface area (Å²) >= 11 is 0. The third-order valence-electron chi connectivity index (χ3n) is 4.47. The lowest BCUT2D eigenvalue weighted by Crippen LogP contribution is -2.26. The van der Waals surface area contributed by atoms with Gasteiger partial charge in [0, 0.05) is 13.5 Å². The summed E-state index contributed by atoms with van der Waals surface area (Å²) < 4.78 is 15.7. The van der Waals surface area contributed by atoms with Crippen molar-refractivity contribution >= 4 is 12.1 Å². The third-order valence-corrected chi connectivity index (χ3v) is 4.47. The highest BCUT2D eigenvalue weighted by Gasteiger charge is 2.42. The van der Waals surface area contributed by atoms with Gasteiger partial charge in [-0.1, -0.05) is 24.3 Å². The summed E-state index contributed by atoms with van der Waals surface area (Å²) in [6, 6.07) is 7.73. The van der Waals surface area contributed by atoms with E-state index in [1.807, 2.05) is 31.2 Å². The number of carbonyl (C=O) groups excluding carboxylic acids is 2. The van der Waals surface area contributed by atoms with E-state index >= 15 is 0 Å². The molecule has 1 N–H and O–H groups in total. The lowest BCUT2D eigenvalue weighted by atomic mass is 9.79. The van der Waals surface area contributed by atoms with E-state index in [9.17, 15) is 9.59 Å². The molecule has 0 spiro atoms. The van der Waals surface area contributed by atoms with Gasteiger partial charge in [-0.15, -0.1) is 0 Å². The second-order valence-corrected chi connectivity index (χ2v) is 5.94. The van der Waals surface area contributed by atoms with Crippen LogP contribution in [0.3, 0.4) is 0 Å². The van der Waals surface area contributed by atoms with Gasteiger partial charge in [0.2, 0.25) is 0 Å². The maximum Gasteiger partial charge on any atom is 0.513 e. The standard InChI is InChI=1S/C19H21NO5/c1-4-23-19(22)25-17-14(20-3)9-12-10-24-18(21)15(12)16(17)13-8-6-5-7-11(13)2/h5-8,16,20H,4,9-10H2,1-3H3. The van der Waals surface area contributed by atoms with Crippen LogP contribution in [0, 0.1) is 6.92 Å². The highest BCUT2D eigenvalue weighted by Crippen LogP contribution is 2.45. The number of carbonyl (C=O) groups is 2. The molecule has 1 atom stereocenters. The SMILES string of the molecule is CCOC(=O)OC1=C(NC)CC2=C(C(=O)OC2)C1c1ccccc1C. The Morgan fingerprint density at radius 3 is 2.80 bits per heavy atom. The number of hydrogen-bond acceptors (Lipinski definition) is 6. The van der Waals surface area contributed by atoms with Gasteiger partial charge in [0.1, 0.15) is 12.4 Å². The molecular weight excluding hydrogens is 322 g/mol. The molecule has 0 radical (unpaired) electrons. The zero-order valence-electron chi connectivity index (χ0n) is 14.5. The number of ether oxygens (including phenoxy) is 3. The fourth-order valence-corrected chi connectivity index (χ4v) is 3.30. The first-order valence-electron chi connectivity index (χ1n) is 8.26. The summed E-state index contributed by atoms with van der Waals surface area (Å²) in [7, 11) is 1.77. The molecule has 0 saturated carbocycles. The van der Waals surface area contributed by atoms with E-state index < -0.39 is 12.1 Å². The van der Waals surface area contributed by atoms with Crippen molar-refractivity contribution in [1.29, 1.82) is 0 Å². The van der Waals surface area contributed by atoms with E-state index in [4.69, 9.17) is 14.2 Å². The molecule has 1 aromatic rings. The zero-order valence-corrected chi connectivity index (χ0v) is 14.5. The number of rotatable bonds is 4. The van der Waals surface area contributed by atoms with E-state index in [0.717, 1.165) is 22.4 Å². The van der Waals surface area contributed by atoms with Gasteiger partial charge in [-0.25, -0.2) is 9.59 Å². The first kappa shape index (κ1) is 17.1. The number of nitrogens with one attached hydrogen (secondary N) is 1. The molecule has 1 aliphatic heterocycles. The van der Waals surface area contributed by atoms with Crippen LogP contribution in [-0.4, -0.2) is 32.4 Å². The summed E-state index contributed by atoms with van der Waals surface area (Å²) in [5.74, 6) is -0.456. The quantitative estimate of drug-likeness (QED) is 0.848. The van der Waals surface area contributed by atoms with Gasteiger partial charge in [-0.3, -0.25) is 0 Å². The molecule has 0 saturated heterocycles. The predicted molar refractivity (Wildman–Crippen MR) is 90.7 cm³/mol. The topological polar surface area (TPSA) is 73.9 Å². The Hall–Kier alpha value is -2.76. The van der Waals surface area contributed by atoms with Crippen LogP contribution in [0.15, 0.2) is 46.9 Å². The van der Waals surface area contributed by atoms with Crippen molar-refractivity contribution in [1.82, 2.24) is 5.32 Å². The maximum atomic E-state index is 12.4. The molecule has 6 nitrogen and oxygen atoms in total. The number of aryl methyl sites for hydroxylation is 1. The Labute approximate surface area is 146 Å². The molecule has 1 aliphatic carbocycles. The number of cyclic esters (lactones) is 1. The Bertz CT molecular complexity index is 778. The van der Waals surface area contributed by atoms with E-state index in [0.29, 0.717) is 17.8 Å². The van der Waals surface area contributed by atoms with Crippen molar-refractivity contribution in [3.8, 4) is 0 Å². The van der Waals surface area contributed by atoms with Gasteiger partial charge in [0.15, 0.2) is 0 Å². The average molecular weight is 343 g/mol. The molecule has 132 valence electrons. The van der Waals surface area contributed by atoms with Crippen molar-refractivity contribution in [2.45, 2.75) is 26.2 Å². The largest absolute Gasteiger partial charge is 0.513 e. The van der Waals surface area contributed by atoms with Crippen molar-refractivity contribution in [2.24, 2.45) is 0 Å². The summed E-state index contributed by atoms with van der Waals surface area (Å²) in [5, 5.41) is 3.09. The Morgan fingerprint density at radius 2 is 2.12 bits per heavy atom. The smallest absolute Gasteiger partial charge is 0.458 e. The molecule has 6 heteroatoms. The molecular formula is C19H21NO5. The minimum absolute atomic E-state index is 0.214. The van der Waals surface area contributed by atoms with E-state index in [2.05, 4.69) is 5.32 Å². The van der Waals surface area contributed by atoms with Crippen LogP contribution in [0.25, 0.3) is 0 Å². The summed E-state index contributed by atoms with van der Waals surface area (Å²) in [4.78, 5) is 24.3. The maximum absolute atomic E-state index is 12.4. The fourth-order valence-electron chi connectivity index (χ4n) is 3.30.